The summed E-state index contributed by atoms with van der Waals surface area (Å²) in [5.74, 6) is -0.108. The number of aryl methyl sites for hydroxylation is 1. The Labute approximate surface area is 112 Å². The highest BCUT2D eigenvalue weighted by Gasteiger charge is 2.14. The molecule has 98 valence electrons. The van der Waals surface area contributed by atoms with Crippen molar-refractivity contribution in [2.75, 3.05) is 6.26 Å². The lowest BCUT2D eigenvalue weighted by molar-refractivity contribution is 0.103. The third kappa shape index (κ3) is 2.90. The third-order valence-corrected chi connectivity index (χ3v) is 4.13. The second kappa shape index (κ2) is 4.97. The summed E-state index contributed by atoms with van der Waals surface area (Å²) in [7, 11) is -3.25. The molecule has 2 rings (SSSR count). The van der Waals surface area contributed by atoms with Gasteiger partial charge in [0.25, 0.3) is 0 Å². The minimum atomic E-state index is -3.25. The van der Waals surface area contributed by atoms with Gasteiger partial charge < -0.3 is 0 Å². The van der Waals surface area contributed by atoms with Crippen molar-refractivity contribution >= 4 is 15.6 Å². The van der Waals surface area contributed by atoms with Gasteiger partial charge in [-0.05, 0) is 30.7 Å². The average molecular weight is 274 g/mol. The molecule has 0 spiro atoms. The Morgan fingerprint density at radius 3 is 2.11 bits per heavy atom. The van der Waals surface area contributed by atoms with E-state index in [-0.39, 0.29) is 10.7 Å². The number of rotatable bonds is 3. The number of ketones is 1. The molecule has 2 aromatic carbocycles. The first-order chi connectivity index (χ1) is 8.89. The Morgan fingerprint density at radius 1 is 0.947 bits per heavy atom. The van der Waals surface area contributed by atoms with Crippen molar-refractivity contribution < 1.29 is 13.2 Å². The van der Waals surface area contributed by atoms with Crippen LogP contribution in [0.25, 0.3) is 0 Å². The predicted octanol–water partition coefficient (Wildman–Crippen LogP) is 2.63. The van der Waals surface area contributed by atoms with Crippen LogP contribution in [-0.4, -0.2) is 20.5 Å². The first-order valence-corrected chi connectivity index (χ1v) is 7.69. The fourth-order valence-electron chi connectivity index (χ4n) is 1.96. The van der Waals surface area contributed by atoms with Crippen molar-refractivity contribution in [2.45, 2.75) is 11.8 Å². The van der Waals surface area contributed by atoms with Crippen LogP contribution in [0.5, 0.6) is 0 Å². The summed E-state index contributed by atoms with van der Waals surface area (Å²) in [6.07, 6.45) is 1.16. The molecule has 0 aliphatic carbocycles. The summed E-state index contributed by atoms with van der Waals surface area (Å²) < 4.78 is 23.0. The minimum Gasteiger partial charge on any atom is -0.289 e. The largest absolute Gasteiger partial charge is 0.289 e. The monoisotopic (exact) mass is 274 g/mol. The van der Waals surface area contributed by atoms with Gasteiger partial charge in [0.1, 0.15) is 0 Å². The fourth-order valence-corrected chi connectivity index (χ4v) is 2.92. The normalized spacial score (nSPS) is 11.3. The molecule has 0 N–H and O–H groups in total. The van der Waals surface area contributed by atoms with Crippen LogP contribution in [-0.2, 0) is 9.84 Å². The van der Waals surface area contributed by atoms with E-state index in [1.807, 2.05) is 6.07 Å². The zero-order valence-corrected chi connectivity index (χ0v) is 11.6. The van der Waals surface area contributed by atoms with Crippen molar-refractivity contribution in [1.29, 1.82) is 0 Å². The molecule has 4 heteroatoms. The lowest BCUT2D eigenvalue weighted by Gasteiger charge is -2.06. The highest BCUT2D eigenvalue weighted by molar-refractivity contribution is 7.90. The maximum Gasteiger partial charge on any atom is 0.193 e. The van der Waals surface area contributed by atoms with Crippen molar-refractivity contribution in [3.05, 3.63) is 65.2 Å². The Kier molecular flexibility index (Phi) is 3.53. The van der Waals surface area contributed by atoms with Crippen LogP contribution < -0.4 is 0 Å². The maximum atomic E-state index is 12.2. The highest BCUT2D eigenvalue weighted by Crippen LogP contribution is 2.18. The summed E-state index contributed by atoms with van der Waals surface area (Å²) in [4.78, 5) is 12.5. The number of hydrogen-bond donors (Lipinski definition) is 0. The number of hydrogen-bond acceptors (Lipinski definition) is 3. The summed E-state index contributed by atoms with van der Waals surface area (Å²) in [5.41, 5.74) is 1.68. The number of sulfone groups is 1. The smallest absolute Gasteiger partial charge is 0.193 e. The molecule has 0 radical (unpaired) electrons. The molecule has 0 aliphatic heterocycles. The second-order valence-electron chi connectivity index (χ2n) is 4.45. The molecule has 0 saturated carbocycles. The summed E-state index contributed by atoms with van der Waals surface area (Å²) in [6, 6.07) is 13.6. The molecule has 0 bridgehead atoms. The SMILES string of the molecule is Cc1cc(C(=O)c2ccccc2)ccc1S(C)(=O)=O. The van der Waals surface area contributed by atoms with Gasteiger partial charge in [0.2, 0.25) is 0 Å². The van der Waals surface area contributed by atoms with Crippen LogP contribution >= 0.6 is 0 Å². The lowest BCUT2D eigenvalue weighted by atomic mass is 10.0. The molecule has 0 saturated heterocycles. The molecule has 0 heterocycles. The molecule has 0 aromatic heterocycles. The summed E-state index contributed by atoms with van der Waals surface area (Å²) in [5, 5.41) is 0. The standard InChI is InChI=1S/C15H14O3S/c1-11-10-13(8-9-14(11)19(2,17)18)15(16)12-6-4-3-5-7-12/h3-10H,1-2H3. The number of benzene rings is 2. The molecule has 0 fully saturated rings. The van der Waals surface area contributed by atoms with E-state index in [0.29, 0.717) is 16.7 Å². The van der Waals surface area contributed by atoms with E-state index in [4.69, 9.17) is 0 Å². The Hall–Kier alpha value is -1.94. The quantitative estimate of drug-likeness (QED) is 0.808. The number of carbonyl (C=O) groups excluding carboxylic acids is 1. The van der Waals surface area contributed by atoms with Gasteiger partial charge in [0.05, 0.1) is 4.90 Å². The van der Waals surface area contributed by atoms with Gasteiger partial charge in [0, 0.05) is 17.4 Å². The molecule has 0 unspecified atom stereocenters. The van der Waals surface area contributed by atoms with Gasteiger partial charge in [-0.1, -0.05) is 30.3 Å². The zero-order chi connectivity index (χ0) is 14.0. The van der Waals surface area contributed by atoms with Gasteiger partial charge in [0.15, 0.2) is 15.6 Å². The Balaban J connectivity index is 2.44. The van der Waals surface area contributed by atoms with E-state index < -0.39 is 9.84 Å². The van der Waals surface area contributed by atoms with Gasteiger partial charge in [-0.3, -0.25) is 4.79 Å². The van der Waals surface area contributed by atoms with Gasteiger partial charge >= 0.3 is 0 Å². The van der Waals surface area contributed by atoms with Crippen molar-refractivity contribution in [1.82, 2.24) is 0 Å². The van der Waals surface area contributed by atoms with Crippen molar-refractivity contribution in [2.24, 2.45) is 0 Å². The first-order valence-electron chi connectivity index (χ1n) is 5.80. The molecule has 0 atom stereocenters. The molecule has 2 aromatic rings. The minimum absolute atomic E-state index is 0.108. The Morgan fingerprint density at radius 2 is 1.58 bits per heavy atom. The highest BCUT2D eigenvalue weighted by atomic mass is 32.2. The predicted molar refractivity (Wildman–Crippen MR) is 74.2 cm³/mol. The van der Waals surface area contributed by atoms with E-state index >= 15 is 0 Å². The van der Waals surface area contributed by atoms with E-state index in [1.54, 1.807) is 43.3 Å². The van der Waals surface area contributed by atoms with Crippen LogP contribution in [0.2, 0.25) is 0 Å². The van der Waals surface area contributed by atoms with E-state index in [9.17, 15) is 13.2 Å². The van der Waals surface area contributed by atoms with Gasteiger partial charge in [-0.2, -0.15) is 0 Å². The third-order valence-electron chi connectivity index (χ3n) is 2.87. The van der Waals surface area contributed by atoms with Gasteiger partial charge in [-0.25, -0.2) is 8.42 Å². The van der Waals surface area contributed by atoms with Crippen LogP contribution in [0.4, 0.5) is 0 Å². The van der Waals surface area contributed by atoms with Crippen molar-refractivity contribution in [3.63, 3.8) is 0 Å². The summed E-state index contributed by atoms with van der Waals surface area (Å²) in [6.45, 7) is 1.69. The molecule has 19 heavy (non-hydrogen) atoms. The number of carbonyl (C=O) groups is 1. The lowest BCUT2D eigenvalue weighted by Crippen LogP contribution is -2.05. The molecule has 0 aliphatic rings. The Bertz CT molecular complexity index is 716. The van der Waals surface area contributed by atoms with E-state index in [2.05, 4.69) is 0 Å². The van der Waals surface area contributed by atoms with Gasteiger partial charge in [-0.15, -0.1) is 0 Å². The summed E-state index contributed by atoms with van der Waals surface area (Å²) >= 11 is 0. The first kappa shape index (κ1) is 13.5. The molecular weight excluding hydrogens is 260 g/mol. The fraction of sp³-hybridized carbons (Fsp3) is 0.133. The van der Waals surface area contributed by atoms with E-state index in [1.165, 1.54) is 6.07 Å². The van der Waals surface area contributed by atoms with Crippen LogP contribution in [0.15, 0.2) is 53.4 Å². The molecule has 0 amide bonds. The maximum absolute atomic E-state index is 12.2. The average Bonchev–Trinajstić information content (AvgIpc) is 2.37. The zero-order valence-electron chi connectivity index (χ0n) is 10.8. The van der Waals surface area contributed by atoms with Crippen molar-refractivity contribution in [3.8, 4) is 0 Å². The van der Waals surface area contributed by atoms with Crippen LogP contribution in [0, 0.1) is 6.92 Å². The molecule has 3 nitrogen and oxygen atoms in total. The second-order valence-corrected chi connectivity index (χ2v) is 6.43. The van der Waals surface area contributed by atoms with Crippen LogP contribution in [0.3, 0.4) is 0 Å². The van der Waals surface area contributed by atoms with Crippen LogP contribution in [0.1, 0.15) is 21.5 Å². The topological polar surface area (TPSA) is 51.2 Å². The molecular formula is C15H14O3S. The van der Waals surface area contributed by atoms with E-state index in [0.717, 1.165) is 6.26 Å².